The molecule has 0 aliphatic heterocycles. The van der Waals surface area contributed by atoms with Crippen molar-refractivity contribution in [1.82, 2.24) is 9.13 Å². The number of ketones is 1. The van der Waals surface area contributed by atoms with E-state index in [4.69, 9.17) is 0 Å². The first kappa shape index (κ1) is 60.2. The van der Waals surface area contributed by atoms with Crippen LogP contribution in [0.2, 0.25) is 0 Å². The molecule has 4 aromatic heterocycles. The number of hydrogen-bond acceptors (Lipinski definition) is 7. The Kier molecular flexibility index (Phi) is 15.0. The minimum Gasteiger partial charge on any atom is -0.310 e. The zero-order chi connectivity index (χ0) is 67.6. The van der Waals surface area contributed by atoms with Crippen LogP contribution in [0.15, 0.2) is 376 Å². The molecule has 102 heavy (non-hydrogen) atoms. The maximum atomic E-state index is 14.6. The monoisotopic (exact) mass is 1340 g/mol. The number of benzene rings is 14. The van der Waals surface area contributed by atoms with Crippen molar-refractivity contribution in [3.05, 3.63) is 387 Å². The molecule has 0 atom stereocenters. The minimum absolute atomic E-state index is 0.0821. The first-order valence-corrected chi connectivity index (χ1v) is 36.0. The number of hydrogen-bond donors (Lipinski definition) is 0. The van der Waals surface area contributed by atoms with Gasteiger partial charge in [-0.1, -0.05) is 170 Å². The summed E-state index contributed by atoms with van der Waals surface area (Å²) in [5, 5.41) is 4.55. The zero-order valence-corrected chi connectivity index (χ0v) is 56.8. The Labute approximate surface area is 599 Å². The molecular weight excluding hydrogens is 1280 g/mol. The van der Waals surface area contributed by atoms with Gasteiger partial charge < -0.3 is 28.7 Å². The van der Waals surface area contributed by atoms with E-state index in [-0.39, 0.29) is 5.78 Å². The molecule has 0 spiro atoms. The molecule has 1 aliphatic rings. The summed E-state index contributed by atoms with van der Waals surface area (Å²) in [5.41, 5.74) is 23.1. The third kappa shape index (κ3) is 10.5. The van der Waals surface area contributed by atoms with Gasteiger partial charge >= 0.3 is 0 Å². The molecule has 0 saturated heterocycles. The van der Waals surface area contributed by atoms with Gasteiger partial charge in [-0.15, -0.1) is 22.7 Å². The summed E-state index contributed by atoms with van der Waals surface area (Å²) >= 11 is 3.41. The van der Waals surface area contributed by atoms with E-state index < -0.39 is 0 Å². The molecule has 9 heteroatoms. The van der Waals surface area contributed by atoms with Crippen LogP contribution >= 0.6 is 22.7 Å². The molecule has 18 aromatic rings. The Morgan fingerprint density at radius 1 is 0.216 bits per heavy atom. The second kappa shape index (κ2) is 25.4. The average molecular weight is 1340 g/mol. The topological polar surface area (TPSA) is 39.9 Å². The Morgan fingerprint density at radius 2 is 0.431 bits per heavy atom. The van der Waals surface area contributed by atoms with Gasteiger partial charge in [0, 0.05) is 122 Å². The summed E-state index contributed by atoms with van der Waals surface area (Å²) in [4.78, 5) is 28.1. The first-order chi connectivity index (χ1) is 50.5. The lowest BCUT2D eigenvalue weighted by Gasteiger charge is -2.26. The van der Waals surface area contributed by atoms with Crippen molar-refractivity contribution in [1.29, 1.82) is 0 Å². The molecular formula is C93H62N6OS2. The van der Waals surface area contributed by atoms with Crippen molar-refractivity contribution in [3.63, 3.8) is 0 Å². The molecule has 19 rings (SSSR count). The lowest BCUT2D eigenvalue weighted by atomic mass is 10.1. The van der Waals surface area contributed by atoms with Crippen LogP contribution in [0.1, 0.15) is 15.9 Å². The molecule has 482 valence electrons. The Morgan fingerprint density at radius 3 is 0.647 bits per heavy atom. The quantitative estimate of drug-likeness (QED) is 0.0964. The molecule has 0 bridgehead atoms. The number of rotatable bonds is 16. The van der Waals surface area contributed by atoms with Crippen molar-refractivity contribution in [2.45, 2.75) is 0 Å². The lowest BCUT2D eigenvalue weighted by molar-refractivity contribution is 0.104. The van der Waals surface area contributed by atoms with Crippen molar-refractivity contribution >= 4 is 140 Å². The highest BCUT2D eigenvalue weighted by Crippen LogP contribution is 2.52. The van der Waals surface area contributed by atoms with Crippen LogP contribution < -0.4 is 19.6 Å². The van der Waals surface area contributed by atoms with Crippen LogP contribution in [-0.2, 0) is 0 Å². The second-order valence-electron chi connectivity index (χ2n) is 25.6. The highest BCUT2D eigenvalue weighted by molar-refractivity contribution is 7.26. The van der Waals surface area contributed by atoms with Crippen LogP contribution in [-0.4, -0.2) is 14.9 Å². The first-order valence-electron chi connectivity index (χ1n) is 34.3. The molecule has 4 heterocycles. The molecule has 0 unspecified atom stereocenters. The highest BCUT2D eigenvalue weighted by Gasteiger charge is 2.33. The van der Waals surface area contributed by atoms with E-state index in [1.807, 2.05) is 0 Å². The lowest BCUT2D eigenvalue weighted by Crippen LogP contribution is -2.09. The normalized spacial score (nSPS) is 11.7. The molecule has 7 nitrogen and oxygen atoms in total. The van der Waals surface area contributed by atoms with Gasteiger partial charge in [-0.25, -0.2) is 0 Å². The van der Waals surface area contributed by atoms with Crippen LogP contribution in [0.5, 0.6) is 0 Å². The van der Waals surface area contributed by atoms with E-state index in [0.717, 1.165) is 165 Å². The number of para-hydroxylation sites is 8. The summed E-state index contributed by atoms with van der Waals surface area (Å²) in [6, 6.07) is 134. The van der Waals surface area contributed by atoms with Crippen molar-refractivity contribution in [2.24, 2.45) is 0 Å². The van der Waals surface area contributed by atoms with Gasteiger partial charge in [0.05, 0.1) is 31.8 Å². The van der Waals surface area contributed by atoms with Crippen LogP contribution in [0.4, 0.5) is 68.2 Å². The van der Waals surface area contributed by atoms with Crippen molar-refractivity contribution in [3.8, 4) is 42.0 Å². The van der Waals surface area contributed by atoms with E-state index in [2.05, 4.69) is 405 Å². The summed E-state index contributed by atoms with van der Waals surface area (Å²) in [7, 11) is 0. The van der Waals surface area contributed by atoms with Gasteiger partial charge in [0.1, 0.15) is 0 Å². The number of nitrogens with zero attached hydrogens (tertiary/aromatic N) is 6. The SMILES string of the molecule is O=C1c2cc(-c3ccc(-n4c5ccc(N(c6ccccc6)c6ccccc6)cc5c5cc(N(c6ccccc6)c6ccccc6)ccc54)cc3)sc2-c2sc(-c3ccc(-n4c5ccc(N(c6ccccc6)c6ccccc6)cc5c5cc(N(c6ccccc6)c6ccccc6)ccc54)cc3)cc21. The number of fused-ring (bicyclic) bond motifs is 9. The van der Waals surface area contributed by atoms with Gasteiger partial charge in [0.25, 0.3) is 0 Å². The number of thiophene rings is 2. The number of aromatic nitrogens is 2. The van der Waals surface area contributed by atoms with Gasteiger partial charge in [0.2, 0.25) is 0 Å². The Balaban J connectivity index is 0.663. The van der Waals surface area contributed by atoms with E-state index in [9.17, 15) is 4.79 Å². The molecule has 0 fully saturated rings. The molecule has 0 N–H and O–H groups in total. The summed E-state index contributed by atoms with van der Waals surface area (Å²) in [5.74, 6) is 0.0821. The average Bonchev–Trinajstić information content (AvgIpc) is 1.59. The maximum absolute atomic E-state index is 14.6. The van der Waals surface area contributed by atoms with Gasteiger partial charge in [0.15, 0.2) is 5.78 Å². The molecule has 14 aromatic carbocycles. The van der Waals surface area contributed by atoms with E-state index in [1.165, 1.54) is 0 Å². The summed E-state index contributed by atoms with van der Waals surface area (Å²) < 4.78 is 4.79. The van der Waals surface area contributed by atoms with Crippen molar-refractivity contribution in [2.75, 3.05) is 19.6 Å². The number of anilines is 12. The van der Waals surface area contributed by atoms with Gasteiger partial charge in [-0.2, -0.15) is 0 Å². The summed E-state index contributed by atoms with van der Waals surface area (Å²) in [6.07, 6.45) is 0. The van der Waals surface area contributed by atoms with Gasteiger partial charge in [-0.3, -0.25) is 4.79 Å². The van der Waals surface area contributed by atoms with E-state index in [0.29, 0.717) is 0 Å². The maximum Gasteiger partial charge on any atom is 0.196 e. The van der Waals surface area contributed by atoms with Crippen LogP contribution in [0.3, 0.4) is 0 Å². The fraction of sp³-hybridized carbons (Fsp3) is 0. The van der Waals surface area contributed by atoms with E-state index in [1.54, 1.807) is 22.7 Å². The summed E-state index contributed by atoms with van der Waals surface area (Å²) in [6.45, 7) is 0. The molecule has 1 aliphatic carbocycles. The van der Waals surface area contributed by atoms with Gasteiger partial charge in [-0.05, 0) is 217 Å². The third-order valence-electron chi connectivity index (χ3n) is 19.6. The van der Waals surface area contributed by atoms with Crippen molar-refractivity contribution < 1.29 is 4.79 Å². The zero-order valence-electron chi connectivity index (χ0n) is 55.2. The van der Waals surface area contributed by atoms with E-state index >= 15 is 0 Å². The highest BCUT2D eigenvalue weighted by atomic mass is 32.1. The van der Waals surface area contributed by atoms with Crippen LogP contribution in [0, 0.1) is 0 Å². The predicted octanol–water partition coefficient (Wildman–Crippen LogP) is 26.4. The third-order valence-corrected chi connectivity index (χ3v) is 22.1. The Hall–Kier alpha value is -13.1. The fourth-order valence-corrected chi connectivity index (χ4v) is 17.4. The standard InChI is InChI=1S/C93H62N6OS2/c100-91-83-61-89(63-41-45-73(46-42-63)98-85-53-49-75(94(65-25-9-1-10-26-65)66-27-11-2-12-28-66)57-79(85)80-58-76(50-54-86(80)98)95(67-29-13-3-14-30-67)68-31-15-4-16-32-68)101-92(83)93-84(91)62-90(102-93)64-43-47-74(48-44-64)99-87-55-51-77(96(69-33-17-5-18-34-69)70-35-19-6-20-36-70)59-81(87)82-60-78(52-56-88(82)99)97(71-37-21-7-22-38-71)72-39-23-8-24-40-72/h1-62H. The minimum atomic E-state index is 0.0821. The second-order valence-corrected chi connectivity index (χ2v) is 27.7. The Bertz CT molecular complexity index is 5310. The fourth-order valence-electron chi connectivity index (χ4n) is 15.0. The molecule has 0 amide bonds. The molecule has 0 radical (unpaired) electrons. The smallest absolute Gasteiger partial charge is 0.196 e. The predicted molar refractivity (Wildman–Crippen MR) is 429 cm³/mol. The largest absolute Gasteiger partial charge is 0.310 e. The number of carbonyl (C=O) groups is 1. The molecule has 0 saturated carbocycles. The number of carbonyl (C=O) groups excluding carboxylic acids is 1. The van der Waals surface area contributed by atoms with Crippen LogP contribution in [0.25, 0.3) is 85.6 Å².